The smallest absolute Gasteiger partial charge is 0.416 e. The summed E-state index contributed by atoms with van der Waals surface area (Å²) in [6.07, 6.45) is 5.54. The fraction of sp³-hybridized carbons (Fsp3) is 0.533. The summed E-state index contributed by atoms with van der Waals surface area (Å²) in [6, 6.07) is 1.81. The monoisotopic (exact) mass is 619 g/mol. The lowest BCUT2D eigenvalue weighted by Crippen LogP contribution is -2.48. The van der Waals surface area contributed by atoms with E-state index in [0.29, 0.717) is 48.5 Å². The van der Waals surface area contributed by atoms with Gasteiger partial charge in [-0.25, -0.2) is 24.1 Å². The molecule has 2 atom stereocenters. The molecule has 1 unspecified atom stereocenters. The van der Waals surface area contributed by atoms with Crippen LogP contribution in [0, 0.1) is 11.7 Å². The number of carbonyl (C=O) groups excluding carboxylic acids is 3. The van der Waals surface area contributed by atoms with E-state index in [4.69, 9.17) is 9.47 Å². The van der Waals surface area contributed by atoms with Crippen molar-refractivity contribution in [3.05, 3.63) is 35.0 Å². The van der Waals surface area contributed by atoms with E-state index in [1.807, 2.05) is 6.07 Å². The molecule has 15 heteroatoms. The first kappa shape index (κ1) is 28.1. The average molecular weight is 620 g/mol. The molecule has 1 spiro atoms. The van der Waals surface area contributed by atoms with Gasteiger partial charge >= 0.3 is 6.09 Å². The summed E-state index contributed by atoms with van der Waals surface area (Å²) in [5.74, 6) is 0.906. The number of rotatable bonds is 6. The zero-order valence-electron chi connectivity index (χ0n) is 24.7. The third-order valence-electron chi connectivity index (χ3n) is 9.63. The number of fused-ring (bicyclic) bond motifs is 3. The van der Waals surface area contributed by atoms with Crippen molar-refractivity contribution < 1.29 is 28.2 Å². The van der Waals surface area contributed by atoms with Crippen molar-refractivity contribution in [2.24, 2.45) is 5.92 Å². The number of hydrogen-bond donors (Lipinski definition) is 4. The number of imidazole rings is 1. The van der Waals surface area contributed by atoms with Crippen molar-refractivity contribution >= 4 is 40.6 Å². The van der Waals surface area contributed by atoms with Gasteiger partial charge in [0, 0.05) is 32.5 Å². The standard InChI is InChI=1S/C30H34FN9O5/c31-24-18-9-16(8-17(18)10-20-25(24)36-21(35-20)11-33-27(42)19-2-1-5-32-19)13-39-6-3-30(4-7-39)15-40(29(43)45-30)22-12-34-28-26(37-22)38-23(41)14-44-28/h10,12,16,19,32H,1-9,11,13-15H2,(H,33,42)(H,35,36)(H,37,38,41)/t16?,19-/m1/s1. The van der Waals surface area contributed by atoms with Crippen molar-refractivity contribution in [1.29, 1.82) is 0 Å². The maximum atomic E-state index is 15.6. The van der Waals surface area contributed by atoms with E-state index < -0.39 is 11.7 Å². The number of aromatic amines is 1. The van der Waals surface area contributed by atoms with Gasteiger partial charge in [-0.1, -0.05) is 0 Å². The first-order valence-electron chi connectivity index (χ1n) is 15.5. The molecule has 6 heterocycles. The third-order valence-corrected chi connectivity index (χ3v) is 9.63. The number of aromatic nitrogens is 4. The number of ether oxygens (including phenoxy) is 2. The van der Waals surface area contributed by atoms with Crippen molar-refractivity contribution in [1.82, 2.24) is 35.5 Å². The zero-order valence-corrected chi connectivity index (χ0v) is 24.7. The Morgan fingerprint density at radius 3 is 2.89 bits per heavy atom. The Labute approximate surface area is 257 Å². The van der Waals surface area contributed by atoms with Gasteiger partial charge in [0.15, 0.2) is 24.1 Å². The Morgan fingerprint density at radius 1 is 1.20 bits per heavy atom. The molecule has 1 aromatic carbocycles. The van der Waals surface area contributed by atoms with Gasteiger partial charge in [-0.2, -0.15) is 0 Å². The highest BCUT2D eigenvalue weighted by atomic mass is 19.1. The van der Waals surface area contributed by atoms with Crippen LogP contribution < -0.4 is 25.6 Å². The topological polar surface area (TPSA) is 167 Å². The molecule has 8 rings (SSSR count). The van der Waals surface area contributed by atoms with Crippen LogP contribution in [0.25, 0.3) is 11.0 Å². The second kappa shape index (κ2) is 10.9. The summed E-state index contributed by atoms with van der Waals surface area (Å²) in [5.41, 5.74) is 2.09. The van der Waals surface area contributed by atoms with E-state index in [-0.39, 0.29) is 54.4 Å². The number of benzene rings is 1. The van der Waals surface area contributed by atoms with E-state index in [1.165, 1.54) is 11.1 Å². The van der Waals surface area contributed by atoms with Crippen LogP contribution in [0.15, 0.2) is 12.3 Å². The lowest BCUT2D eigenvalue weighted by atomic mass is 9.90. The molecular formula is C30H34FN9O5. The molecule has 0 radical (unpaired) electrons. The molecule has 45 heavy (non-hydrogen) atoms. The molecule has 4 N–H and O–H groups in total. The Balaban J connectivity index is 0.866. The third kappa shape index (κ3) is 5.23. The van der Waals surface area contributed by atoms with Crippen LogP contribution >= 0.6 is 0 Å². The number of likely N-dealkylation sites (tertiary alicyclic amines) is 1. The van der Waals surface area contributed by atoms with E-state index in [1.54, 1.807) is 0 Å². The van der Waals surface area contributed by atoms with Gasteiger partial charge in [-0.15, -0.1) is 0 Å². The minimum atomic E-state index is -0.620. The quantitative estimate of drug-likeness (QED) is 0.317. The van der Waals surface area contributed by atoms with Gasteiger partial charge in [-0.05, 0) is 55.3 Å². The number of anilines is 2. The van der Waals surface area contributed by atoms with Crippen LogP contribution in [0.2, 0.25) is 0 Å². The summed E-state index contributed by atoms with van der Waals surface area (Å²) >= 11 is 0. The number of carbonyl (C=O) groups is 3. The SMILES string of the molecule is O=C1COc2ncc(N3CC4(CCN(CC5Cc6cc7nc(CNC(=O)[C@H]8CCCN8)[nH]c7c(F)c6C5)CC4)OC3=O)nc2N1. The Hall–Kier alpha value is -4.37. The minimum Gasteiger partial charge on any atom is -0.465 e. The molecule has 3 fully saturated rings. The van der Waals surface area contributed by atoms with E-state index in [2.05, 4.69) is 40.8 Å². The van der Waals surface area contributed by atoms with Crippen molar-refractivity contribution in [3.63, 3.8) is 0 Å². The van der Waals surface area contributed by atoms with Gasteiger partial charge in [0.1, 0.15) is 16.9 Å². The summed E-state index contributed by atoms with van der Waals surface area (Å²) in [5, 5.41) is 8.69. The maximum Gasteiger partial charge on any atom is 0.416 e. The molecule has 0 bridgehead atoms. The van der Waals surface area contributed by atoms with Crippen LogP contribution in [-0.4, -0.2) is 93.7 Å². The lowest BCUT2D eigenvalue weighted by molar-refractivity contribution is -0.123. The summed E-state index contributed by atoms with van der Waals surface area (Å²) in [7, 11) is 0. The minimum absolute atomic E-state index is 0.0543. The molecule has 236 valence electrons. The number of hydrogen-bond acceptors (Lipinski definition) is 10. The number of piperidine rings is 1. The van der Waals surface area contributed by atoms with Gasteiger partial charge in [0.2, 0.25) is 5.91 Å². The predicted octanol–water partition coefficient (Wildman–Crippen LogP) is 1.40. The maximum absolute atomic E-state index is 15.6. The summed E-state index contributed by atoms with van der Waals surface area (Å²) in [6.45, 7) is 3.64. The van der Waals surface area contributed by atoms with Gasteiger partial charge in [-0.3, -0.25) is 14.5 Å². The van der Waals surface area contributed by atoms with Crippen molar-refractivity contribution in [2.75, 3.05) is 49.5 Å². The van der Waals surface area contributed by atoms with Crippen molar-refractivity contribution in [2.45, 2.75) is 56.7 Å². The lowest BCUT2D eigenvalue weighted by Gasteiger charge is -2.38. The van der Waals surface area contributed by atoms with Crippen LogP contribution in [0.1, 0.15) is 42.6 Å². The number of nitrogens with one attached hydrogen (secondary N) is 4. The van der Waals surface area contributed by atoms with Gasteiger partial charge in [0.05, 0.1) is 30.8 Å². The Bertz CT molecular complexity index is 1700. The molecule has 1 aliphatic carbocycles. The van der Waals surface area contributed by atoms with Crippen molar-refractivity contribution in [3.8, 4) is 5.88 Å². The van der Waals surface area contributed by atoms with E-state index >= 15 is 4.39 Å². The molecule has 3 saturated heterocycles. The van der Waals surface area contributed by atoms with E-state index in [0.717, 1.165) is 56.6 Å². The fourth-order valence-electron chi connectivity index (χ4n) is 7.30. The second-order valence-corrected chi connectivity index (χ2v) is 12.7. The van der Waals surface area contributed by atoms with Gasteiger partial charge in [0.25, 0.3) is 11.8 Å². The average Bonchev–Trinajstić information content (AvgIpc) is 3.84. The predicted molar refractivity (Wildman–Crippen MR) is 158 cm³/mol. The molecule has 5 aliphatic rings. The number of halogens is 1. The molecule has 2 aromatic heterocycles. The molecule has 4 aliphatic heterocycles. The Kier molecular flexibility index (Phi) is 6.82. The van der Waals surface area contributed by atoms with E-state index in [9.17, 15) is 14.4 Å². The molecule has 14 nitrogen and oxygen atoms in total. The highest BCUT2D eigenvalue weighted by Crippen LogP contribution is 2.38. The highest BCUT2D eigenvalue weighted by Gasteiger charge is 2.48. The van der Waals surface area contributed by atoms with Crippen LogP contribution in [0.3, 0.4) is 0 Å². The summed E-state index contributed by atoms with van der Waals surface area (Å²) in [4.78, 5) is 56.9. The fourth-order valence-corrected chi connectivity index (χ4v) is 7.30. The first-order valence-corrected chi connectivity index (χ1v) is 15.5. The molecular weight excluding hydrogens is 585 g/mol. The number of nitrogens with zero attached hydrogens (tertiary/aromatic N) is 5. The van der Waals surface area contributed by atoms with Crippen LogP contribution in [-0.2, 0) is 33.7 Å². The first-order chi connectivity index (χ1) is 21.8. The normalized spacial score (nSPS) is 24.0. The largest absolute Gasteiger partial charge is 0.465 e. The second-order valence-electron chi connectivity index (χ2n) is 12.7. The van der Waals surface area contributed by atoms with Crippen LogP contribution in [0.4, 0.5) is 20.8 Å². The highest BCUT2D eigenvalue weighted by molar-refractivity contribution is 5.95. The number of H-pyrrole nitrogens is 1. The Morgan fingerprint density at radius 2 is 2.07 bits per heavy atom. The summed E-state index contributed by atoms with van der Waals surface area (Å²) < 4.78 is 26.8. The molecule has 3 amide bonds. The number of amides is 3. The molecule has 3 aromatic rings. The zero-order chi connectivity index (χ0) is 30.7. The van der Waals surface area contributed by atoms with Gasteiger partial charge < -0.3 is 35.3 Å². The molecule has 0 saturated carbocycles. The van der Waals surface area contributed by atoms with Crippen LogP contribution in [0.5, 0.6) is 5.88 Å².